The maximum atomic E-state index is 12.4. The van der Waals surface area contributed by atoms with E-state index in [0.29, 0.717) is 31.7 Å². The number of nitriles is 1. The van der Waals surface area contributed by atoms with Gasteiger partial charge in [0.1, 0.15) is 11.9 Å². The van der Waals surface area contributed by atoms with Crippen LogP contribution in [0.4, 0.5) is 5.82 Å². The second-order valence-corrected chi connectivity index (χ2v) is 8.88. The van der Waals surface area contributed by atoms with Gasteiger partial charge in [0.15, 0.2) is 0 Å². The number of aromatic nitrogens is 5. The van der Waals surface area contributed by atoms with Crippen LogP contribution in [0.1, 0.15) is 18.4 Å². The first kappa shape index (κ1) is 23.5. The molecule has 0 atom stereocenters. The maximum absolute atomic E-state index is 12.4. The highest BCUT2D eigenvalue weighted by atomic mass is 16.5. The Balaban J connectivity index is 1.37. The van der Waals surface area contributed by atoms with Gasteiger partial charge in [-0.2, -0.15) is 15.5 Å². The molecule has 0 aliphatic carbocycles. The highest BCUT2D eigenvalue weighted by molar-refractivity contribution is 5.87. The molecule has 0 saturated carbocycles. The van der Waals surface area contributed by atoms with Crippen LogP contribution in [0.5, 0.6) is 0 Å². The molecular formula is C26H28N8O2. The first-order valence-corrected chi connectivity index (χ1v) is 12.0. The zero-order valence-corrected chi connectivity index (χ0v) is 20.5. The number of carbonyl (C=O) groups excluding carboxylic acids is 1. The first-order chi connectivity index (χ1) is 17.6. The molecule has 184 valence electrons. The quantitative estimate of drug-likeness (QED) is 0.372. The van der Waals surface area contributed by atoms with Crippen molar-refractivity contribution in [1.82, 2.24) is 29.3 Å². The SMILES string of the molecule is COCCCC(=O)N1CCN(c2ccc(-c3cc(-c4cnn(C)c4)cn4ncc(C#N)c34)cn2)CC1. The van der Waals surface area contributed by atoms with E-state index in [1.54, 1.807) is 22.5 Å². The molecule has 5 heterocycles. The van der Waals surface area contributed by atoms with Crippen LogP contribution in [-0.4, -0.2) is 75.1 Å². The van der Waals surface area contributed by atoms with E-state index >= 15 is 0 Å². The van der Waals surface area contributed by atoms with Crippen molar-refractivity contribution in [3.05, 3.63) is 54.7 Å². The summed E-state index contributed by atoms with van der Waals surface area (Å²) in [6.07, 6.45) is 10.4. The summed E-state index contributed by atoms with van der Waals surface area (Å²) in [6.45, 7) is 3.46. The van der Waals surface area contributed by atoms with Crippen molar-refractivity contribution in [2.24, 2.45) is 7.05 Å². The van der Waals surface area contributed by atoms with Gasteiger partial charge in [-0.1, -0.05) is 0 Å². The van der Waals surface area contributed by atoms with Gasteiger partial charge >= 0.3 is 0 Å². The first-order valence-electron chi connectivity index (χ1n) is 12.0. The molecular weight excluding hydrogens is 456 g/mol. The molecule has 36 heavy (non-hydrogen) atoms. The van der Waals surface area contributed by atoms with E-state index in [1.165, 1.54) is 0 Å². The molecule has 1 fully saturated rings. The van der Waals surface area contributed by atoms with E-state index in [9.17, 15) is 10.1 Å². The molecule has 4 aromatic heterocycles. The van der Waals surface area contributed by atoms with Crippen LogP contribution < -0.4 is 4.90 Å². The molecule has 1 aliphatic heterocycles. The number of anilines is 1. The zero-order chi connectivity index (χ0) is 25.1. The predicted octanol–water partition coefficient (Wildman–Crippen LogP) is 2.74. The monoisotopic (exact) mass is 484 g/mol. The summed E-state index contributed by atoms with van der Waals surface area (Å²) in [4.78, 5) is 21.2. The lowest BCUT2D eigenvalue weighted by Crippen LogP contribution is -2.49. The number of amides is 1. The molecule has 1 saturated heterocycles. The van der Waals surface area contributed by atoms with Gasteiger partial charge in [0, 0.05) is 94.2 Å². The fourth-order valence-corrected chi connectivity index (χ4v) is 4.59. The van der Waals surface area contributed by atoms with Gasteiger partial charge in [-0.05, 0) is 24.6 Å². The molecule has 0 aromatic carbocycles. The Morgan fingerprint density at radius 3 is 2.56 bits per heavy atom. The average Bonchev–Trinajstić information content (AvgIpc) is 3.54. The van der Waals surface area contributed by atoms with Crippen molar-refractivity contribution in [3.63, 3.8) is 0 Å². The number of aryl methyl sites for hydroxylation is 1. The van der Waals surface area contributed by atoms with Crippen LogP contribution in [0.3, 0.4) is 0 Å². The van der Waals surface area contributed by atoms with Gasteiger partial charge in [0.2, 0.25) is 5.91 Å². The van der Waals surface area contributed by atoms with E-state index < -0.39 is 0 Å². The third kappa shape index (κ3) is 4.65. The minimum atomic E-state index is 0.182. The van der Waals surface area contributed by atoms with Gasteiger partial charge in [0.05, 0.1) is 23.5 Å². The van der Waals surface area contributed by atoms with Gasteiger partial charge < -0.3 is 14.5 Å². The molecule has 10 heteroatoms. The van der Waals surface area contributed by atoms with Crippen molar-refractivity contribution < 1.29 is 9.53 Å². The topological polar surface area (TPSA) is 105 Å². The maximum Gasteiger partial charge on any atom is 0.222 e. The molecule has 10 nitrogen and oxygen atoms in total. The Kier molecular flexibility index (Phi) is 6.64. The molecule has 0 spiro atoms. The highest BCUT2D eigenvalue weighted by Gasteiger charge is 2.22. The van der Waals surface area contributed by atoms with Gasteiger partial charge in [-0.25, -0.2) is 9.50 Å². The molecule has 5 rings (SSSR count). The Hall–Kier alpha value is -4.23. The Bertz CT molecular complexity index is 1410. The van der Waals surface area contributed by atoms with Crippen molar-refractivity contribution in [2.45, 2.75) is 12.8 Å². The van der Waals surface area contributed by atoms with Crippen molar-refractivity contribution in [3.8, 4) is 28.3 Å². The number of methoxy groups -OCH3 is 1. The lowest BCUT2D eigenvalue weighted by molar-refractivity contribution is -0.131. The Morgan fingerprint density at radius 2 is 1.89 bits per heavy atom. The van der Waals surface area contributed by atoms with Crippen molar-refractivity contribution in [2.75, 3.05) is 44.8 Å². The number of hydrogen-bond donors (Lipinski definition) is 0. The number of rotatable bonds is 7. The average molecular weight is 485 g/mol. The van der Waals surface area contributed by atoms with E-state index in [4.69, 9.17) is 9.72 Å². The van der Waals surface area contributed by atoms with E-state index in [0.717, 1.165) is 53.1 Å². The fraction of sp³-hybridized carbons (Fsp3) is 0.346. The lowest BCUT2D eigenvalue weighted by atomic mass is 10.0. The number of piperazine rings is 1. The highest BCUT2D eigenvalue weighted by Crippen LogP contribution is 2.32. The molecule has 0 unspecified atom stereocenters. The normalized spacial score (nSPS) is 13.8. The van der Waals surface area contributed by atoms with Crippen molar-refractivity contribution in [1.29, 1.82) is 5.26 Å². The molecule has 1 aliphatic rings. The largest absolute Gasteiger partial charge is 0.385 e. The molecule has 0 bridgehead atoms. The lowest BCUT2D eigenvalue weighted by Gasteiger charge is -2.35. The summed E-state index contributed by atoms with van der Waals surface area (Å²) in [6, 6.07) is 8.33. The summed E-state index contributed by atoms with van der Waals surface area (Å²) in [5, 5.41) is 18.3. The minimum Gasteiger partial charge on any atom is -0.385 e. The summed E-state index contributed by atoms with van der Waals surface area (Å²) in [5.41, 5.74) is 4.97. The third-order valence-electron chi connectivity index (χ3n) is 6.52. The third-order valence-corrected chi connectivity index (χ3v) is 6.52. The van der Waals surface area contributed by atoms with E-state index in [2.05, 4.69) is 27.2 Å². The van der Waals surface area contributed by atoms with E-state index in [-0.39, 0.29) is 5.91 Å². The van der Waals surface area contributed by atoms with Crippen LogP contribution in [0.15, 0.2) is 49.2 Å². The van der Waals surface area contributed by atoms with Crippen LogP contribution in [0.2, 0.25) is 0 Å². The van der Waals surface area contributed by atoms with Crippen LogP contribution in [0.25, 0.3) is 27.8 Å². The summed E-state index contributed by atoms with van der Waals surface area (Å²) in [5.74, 6) is 1.06. The number of ether oxygens (including phenoxy) is 1. The number of fused-ring (bicyclic) bond motifs is 1. The zero-order valence-electron chi connectivity index (χ0n) is 20.5. The molecule has 0 N–H and O–H groups in total. The van der Waals surface area contributed by atoms with E-state index in [1.807, 2.05) is 48.9 Å². The second kappa shape index (κ2) is 10.2. The van der Waals surface area contributed by atoms with Gasteiger partial charge in [-0.3, -0.25) is 9.48 Å². The smallest absolute Gasteiger partial charge is 0.222 e. The standard InChI is InChI=1S/C26H28N8O2/c1-31-17-22(16-29-31)20-12-23(26-21(13-27)15-30-34(26)18-20)19-5-6-24(28-14-19)32-7-9-33(10-8-32)25(35)4-3-11-36-2/h5-6,12,14-18H,3-4,7-11H2,1-2H3. The van der Waals surface area contributed by atoms with Crippen LogP contribution in [0, 0.1) is 11.3 Å². The number of pyridine rings is 2. The van der Waals surface area contributed by atoms with Crippen molar-refractivity contribution >= 4 is 17.2 Å². The summed E-state index contributed by atoms with van der Waals surface area (Å²) in [7, 11) is 3.53. The summed E-state index contributed by atoms with van der Waals surface area (Å²) >= 11 is 0. The molecule has 1 amide bonds. The molecule has 4 aromatic rings. The van der Waals surface area contributed by atoms with Gasteiger partial charge in [-0.15, -0.1) is 0 Å². The summed E-state index contributed by atoms with van der Waals surface area (Å²) < 4.78 is 8.55. The Morgan fingerprint density at radius 1 is 1.06 bits per heavy atom. The van der Waals surface area contributed by atoms with Crippen LogP contribution >= 0.6 is 0 Å². The fourth-order valence-electron chi connectivity index (χ4n) is 4.59. The minimum absolute atomic E-state index is 0.182. The Labute approximate surface area is 209 Å². The second-order valence-electron chi connectivity index (χ2n) is 8.88. The number of nitrogens with zero attached hydrogens (tertiary/aromatic N) is 8. The predicted molar refractivity (Wildman–Crippen MR) is 135 cm³/mol. The number of carbonyl (C=O) groups is 1. The van der Waals surface area contributed by atoms with Crippen LogP contribution in [-0.2, 0) is 16.6 Å². The van der Waals surface area contributed by atoms with Gasteiger partial charge in [0.25, 0.3) is 0 Å². The number of hydrogen-bond acceptors (Lipinski definition) is 7. The molecule has 0 radical (unpaired) electrons.